The van der Waals surface area contributed by atoms with Crippen molar-refractivity contribution in [2.24, 2.45) is 0 Å². The molecule has 0 aliphatic carbocycles. The van der Waals surface area contributed by atoms with Crippen LogP contribution in [0.5, 0.6) is 0 Å². The van der Waals surface area contributed by atoms with Crippen molar-refractivity contribution in [3.05, 3.63) is 91.4 Å². The van der Waals surface area contributed by atoms with E-state index in [0.29, 0.717) is 27.6 Å². The molecule has 0 aliphatic heterocycles. The van der Waals surface area contributed by atoms with Gasteiger partial charge in [-0.2, -0.15) is 19.9 Å². The predicted molar refractivity (Wildman–Crippen MR) is 135 cm³/mol. The fourth-order valence-corrected chi connectivity index (χ4v) is 4.25. The van der Waals surface area contributed by atoms with E-state index in [1.165, 1.54) is 23.0 Å². The number of carbonyl (C=O) groups is 1. The number of fused-ring (bicyclic) bond motifs is 1. The minimum atomic E-state index is -0.461. The summed E-state index contributed by atoms with van der Waals surface area (Å²) in [6, 6.07) is 12.1. The number of H-pyrrole nitrogens is 1. The number of amides is 1. The number of aromatic amines is 1. The number of carbonyl (C=O) groups excluding carboxylic acids is 1. The summed E-state index contributed by atoms with van der Waals surface area (Å²) in [5.74, 6) is -0.0318. The van der Waals surface area contributed by atoms with Gasteiger partial charge in [0.25, 0.3) is 11.5 Å². The molecule has 3 aromatic heterocycles. The maximum absolute atomic E-state index is 12.9. The second-order valence-corrected chi connectivity index (χ2v) is 8.91. The number of hydrogen-bond donors (Lipinski definition) is 2. The number of nitrogens with one attached hydrogen (secondary N) is 2. The third kappa shape index (κ3) is 4.09. The van der Waals surface area contributed by atoms with E-state index in [4.69, 9.17) is 23.2 Å². The molecule has 3 heterocycles. The molecule has 2 N–H and O–H groups in total. The predicted octanol–water partition coefficient (Wildman–Crippen LogP) is 4.78. The average molecular weight is 508 g/mol. The first kappa shape index (κ1) is 22.8. The molecular weight excluding hydrogens is 489 g/mol. The minimum Gasteiger partial charge on any atom is -0.306 e. The van der Waals surface area contributed by atoms with Crippen LogP contribution in [0.1, 0.15) is 27.2 Å². The van der Waals surface area contributed by atoms with Crippen molar-refractivity contribution in [3.8, 4) is 11.6 Å². The Kier molecular flexibility index (Phi) is 5.66. The summed E-state index contributed by atoms with van der Waals surface area (Å²) in [6.07, 6.45) is 1.48. The first-order valence-electron chi connectivity index (χ1n) is 10.6. The van der Waals surface area contributed by atoms with E-state index >= 15 is 0 Å². The Bertz CT molecular complexity index is 1680. The summed E-state index contributed by atoms with van der Waals surface area (Å²) in [6.45, 7) is 5.75. The van der Waals surface area contributed by atoms with Gasteiger partial charge in [-0.25, -0.2) is 4.68 Å². The zero-order valence-corrected chi connectivity index (χ0v) is 20.4. The molecule has 0 fully saturated rings. The molecule has 0 spiro atoms. The van der Waals surface area contributed by atoms with Crippen molar-refractivity contribution < 1.29 is 4.79 Å². The molecule has 2 aromatic carbocycles. The van der Waals surface area contributed by atoms with E-state index in [1.807, 2.05) is 32.0 Å². The van der Waals surface area contributed by atoms with Crippen LogP contribution < -0.4 is 10.9 Å². The SMILES string of the molecule is Cc1cc(NC(=O)c2ccc(Cl)cc2Cl)n(-c2nc3c(cnn3-c3cccc(C)c3C)c(=O)[nH]2)n1. The molecule has 35 heavy (non-hydrogen) atoms. The number of anilines is 1. The zero-order chi connectivity index (χ0) is 24.9. The molecule has 0 bridgehead atoms. The molecule has 9 nitrogen and oxygen atoms in total. The van der Waals surface area contributed by atoms with Gasteiger partial charge in [0.15, 0.2) is 5.65 Å². The van der Waals surface area contributed by atoms with Crippen LogP contribution in [0.3, 0.4) is 0 Å². The van der Waals surface area contributed by atoms with Gasteiger partial charge in [0.1, 0.15) is 11.2 Å². The fraction of sp³-hybridized carbons (Fsp3) is 0.125. The first-order chi connectivity index (χ1) is 16.7. The second kappa shape index (κ2) is 8.68. The Morgan fingerprint density at radius 1 is 1.06 bits per heavy atom. The largest absolute Gasteiger partial charge is 0.306 e. The first-order valence-corrected chi connectivity index (χ1v) is 11.4. The van der Waals surface area contributed by atoms with Gasteiger partial charge in [0, 0.05) is 11.1 Å². The number of benzene rings is 2. The van der Waals surface area contributed by atoms with Crippen molar-refractivity contribution in [2.45, 2.75) is 20.8 Å². The van der Waals surface area contributed by atoms with Crippen LogP contribution >= 0.6 is 23.2 Å². The maximum Gasteiger partial charge on any atom is 0.263 e. The Morgan fingerprint density at radius 3 is 2.63 bits per heavy atom. The lowest BCUT2D eigenvalue weighted by atomic mass is 10.1. The summed E-state index contributed by atoms with van der Waals surface area (Å²) >= 11 is 12.1. The highest BCUT2D eigenvalue weighted by Gasteiger charge is 2.19. The fourth-order valence-electron chi connectivity index (χ4n) is 3.76. The summed E-state index contributed by atoms with van der Waals surface area (Å²) in [4.78, 5) is 33.2. The van der Waals surface area contributed by atoms with Crippen molar-refractivity contribution in [3.63, 3.8) is 0 Å². The number of nitrogens with zero attached hydrogens (tertiary/aromatic N) is 5. The van der Waals surface area contributed by atoms with Gasteiger partial charge in [-0.05, 0) is 56.2 Å². The van der Waals surface area contributed by atoms with Crippen molar-refractivity contribution in [1.29, 1.82) is 0 Å². The summed E-state index contributed by atoms with van der Waals surface area (Å²) in [7, 11) is 0. The molecule has 0 saturated heterocycles. The Morgan fingerprint density at radius 2 is 1.86 bits per heavy atom. The van der Waals surface area contributed by atoms with E-state index in [9.17, 15) is 9.59 Å². The Labute approximate surface area is 209 Å². The van der Waals surface area contributed by atoms with E-state index in [-0.39, 0.29) is 22.1 Å². The van der Waals surface area contributed by atoms with E-state index in [0.717, 1.165) is 16.8 Å². The number of hydrogen-bond acceptors (Lipinski definition) is 5. The molecule has 11 heteroatoms. The molecular formula is C24H19Cl2N7O2. The summed E-state index contributed by atoms with van der Waals surface area (Å²) in [5, 5.41) is 12.6. The molecule has 0 atom stereocenters. The lowest BCUT2D eigenvalue weighted by Gasteiger charge is -2.11. The van der Waals surface area contributed by atoms with Crippen molar-refractivity contribution in [2.75, 3.05) is 5.32 Å². The standard InChI is InChI=1S/C24H19Cl2N7O2/c1-12-5-4-6-19(14(12)3)32-21-17(11-27-32)23(35)30-24(29-21)33-20(9-13(2)31-33)28-22(34)16-8-7-15(25)10-18(16)26/h4-11H,1-3H3,(H,28,34)(H,29,30,35). The topological polar surface area (TPSA) is 110 Å². The highest BCUT2D eigenvalue weighted by atomic mass is 35.5. The lowest BCUT2D eigenvalue weighted by Crippen LogP contribution is -2.19. The molecule has 1 amide bonds. The van der Waals surface area contributed by atoms with Gasteiger partial charge in [-0.3, -0.25) is 14.6 Å². The van der Waals surface area contributed by atoms with Crippen molar-refractivity contribution in [1.82, 2.24) is 29.5 Å². The molecule has 176 valence electrons. The van der Waals surface area contributed by atoms with Crippen LogP contribution in [0.2, 0.25) is 10.0 Å². The molecule has 0 aliphatic rings. The van der Waals surface area contributed by atoms with E-state index < -0.39 is 5.91 Å². The second-order valence-electron chi connectivity index (χ2n) is 8.06. The van der Waals surface area contributed by atoms with Gasteiger partial charge in [-0.15, -0.1) is 0 Å². The number of aromatic nitrogens is 6. The Balaban J connectivity index is 1.61. The number of rotatable bonds is 4. The maximum atomic E-state index is 12.9. The molecule has 0 radical (unpaired) electrons. The zero-order valence-electron chi connectivity index (χ0n) is 18.9. The van der Waals surface area contributed by atoms with Gasteiger partial charge >= 0.3 is 0 Å². The lowest BCUT2D eigenvalue weighted by molar-refractivity contribution is 0.102. The van der Waals surface area contributed by atoms with Gasteiger partial charge in [-0.1, -0.05) is 35.3 Å². The quantitative estimate of drug-likeness (QED) is 0.363. The van der Waals surface area contributed by atoms with Gasteiger partial charge in [0.2, 0.25) is 5.95 Å². The van der Waals surface area contributed by atoms with E-state index in [1.54, 1.807) is 23.7 Å². The third-order valence-corrected chi connectivity index (χ3v) is 6.23. The van der Waals surface area contributed by atoms with Crippen molar-refractivity contribution >= 4 is 46.0 Å². The van der Waals surface area contributed by atoms with E-state index in [2.05, 4.69) is 25.5 Å². The van der Waals surface area contributed by atoms with Crippen LogP contribution in [0.25, 0.3) is 22.7 Å². The smallest absolute Gasteiger partial charge is 0.263 e. The molecule has 0 unspecified atom stereocenters. The highest BCUT2D eigenvalue weighted by Crippen LogP contribution is 2.24. The van der Waals surface area contributed by atoms with Crippen LogP contribution in [-0.2, 0) is 0 Å². The minimum absolute atomic E-state index is 0.125. The highest BCUT2D eigenvalue weighted by molar-refractivity contribution is 6.37. The van der Waals surface area contributed by atoms with Crippen LogP contribution in [0.15, 0.2) is 53.5 Å². The van der Waals surface area contributed by atoms with Crippen LogP contribution in [-0.4, -0.2) is 35.4 Å². The third-order valence-electron chi connectivity index (χ3n) is 5.68. The van der Waals surface area contributed by atoms with Crippen LogP contribution in [0, 0.1) is 20.8 Å². The molecule has 0 saturated carbocycles. The van der Waals surface area contributed by atoms with Crippen LogP contribution in [0.4, 0.5) is 5.82 Å². The van der Waals surface area contributed by atoms with Gasteiger partial charge in [0.05, 0.1) is 28.2 Å². The number of aryl methyl sites for hydroxylation is 2. The average Bonchev–Trinajstić information content (AvgIpc) is 3.39. The Hall–Kier alpha value is -3.95. The monoisotopic (exact) mass is 507 g/mol. The molecule has 5 rings (SSSR count). The summed E-state index contributed by atoms with van der Waals surface area (Å²) < 4.78 is 2.98. The van der Waals surface area contributed by atoms with Gasteiger partial charge < -0.3 is 5.32 Å². The normalized spacial score (nSPS) is 11.2. The summed E-state index contributed by atoms with van der Waals surface area (Å²) in [5.41, 5.74) is 3.75. The number of halogens is 2. The molecule has 5 aromatic rings.